The number of benzene rings is 2. The number of hydrogen-bond donors (Lipinski definition) is 1. The number of nitrogens with zero attached hydrogens (tertiary/aromatic N) is 2. The summed E-state index contributed by atoms with van der Waals surface area (Å²) < 4.78 is 8.01. The highest BCUT2D eigenvalue weighted by Gasteiger charge is 2.37. The van der Waals surface area contributed by atoms with Gasteiger partial charge in [0.2, 0.25) is 5.78 Å². The number of carbonyl (C=O) groups excluding carboxylic acids is 1. The summed E-state index contributed by atoms with van der Waals surface area (Å²) in [6.45, 7) is 4.60. The number of ether oxygens (including phenoxy) is 1. The molecule has 1 saturated heterocycles. The highest BCUT2D eigenvalue weighted by Crippen LogP contribution is 2.43. The van der Waals surface area contributed by atoms with E-state index >= 15 is 0 Å². The summed E-state index contributed by atoms with van der Waals surface area (Å²) in [6, 6.07) is 14.3. The molecule has 1 fully saturated rings. The molecular weight excluding hydrogens is 464 g/mol. The Hall–Kier alpha value is -3.35. The molecule has 7 heteroatoms. The monoisotopic (exact) mass is 488 g/mol. The van der Waals surface area contributed by atoms with Crippen LogP contribution in [0.4, 0.5) is 0 Å². The summed E-state index contributed by atoms with van der Waals surface area (Å²) in [6.07, 6.45) is 2.76. The zero-order valence-corrected chi connectivity index (χ0v) is 20.1. The van der Waals surface area contributed by atoms with E-state index in [2.05, 4.69) is 4.90 Å². The second-order valence-corrected chi connectivity index (χ2v) is 10.2. The van der Waals surface area contributed by atoms with Crippen molar-refractivity contribution in [3.63, 3.8) is 0 Å². The van der Waals surface area contributed by atoms with E-state index in [1.54, 1.807) is 30.3 Å². The van der Waals surface area contributed by atoms with Gasteiger partial charge in [-0.05, 0) is 60.7 Å². The maximum Gasteiger partial charge on any atom is 0.250 e. The van der Waals surface area contributed by atoms with E-state index in [0.717, 1.165) is 30.8 Å². The number of allylic oxidation sites excluding steroid dienone is 1. The van der Waals surface area contributed by atoms with Gasteiger partial charge in [-0.3, -0.25) is 14.5 Å². The number of fused-ring (bicyclic) bond motifs is 5. The van der Waals surface area contributed by atoms with E-state index in [1.807, 2.05) is 35.8 Å². The molecule has 6 nitrogen and oxygen atoms in total. The third-order valence-corrected chi connectivity index (χ3v) is 7.58. The number of piperidine rings is 1. The molecule has 3 aliphatic heterocycles. The van der Waals surface area contributed by atoms with Crippen LogP contribution in [0.2, 0.25) is 5.02 Å². The van der Waals surface area contributed by atoms with Gasteiger partial charge < -0.3 is 14.4 Å². The normalized spacial score (nSPS) is 22.1. The molecule has 0 amide bonds. The Morgan fingerprint density at radius 2 is 1.91 bits per heavy atom. The molecule has 2 atom stereocenters. The van der Waals surface area contributed by atoms with Crippen LogP contribution in [0.25, 0.3) is 6.08 Å². The summed E-state index contributed by atoms with van der Waals surface area (Å²) in [4.78, 5) is 27.9. The minimum absolute atomic E-state index is 0.0616. The summed E-state index contributed by atoms with van der Waals surface area (Å²) in [5.74, 6) is 1.26. The van der Waals surface area contributed by atoms with Crippen molar-refractivity contribution < 1.29 is 14.6 Å². The highest BCUT2D eigenvalue weighted by molar-refractivity contribution is 6.30. The number of rotatable bonds is 3. The number of halogens is 1. The minimum Gasteiger partial charge on any atom is -0.507 e. The number of ketones is 1. The van der Waals surface area contributed by atoms with Gasteiger partial charge in [0.25, 0.3) is 5.56 Å². The summed E-state index contributed by atoms with van der Waals surface area (Å²) >= 11 is 5.98. The van der Waals surface area contributed by atoms with E-state index < -0.39 is 0 Å². The fraction of sp³-hybridized carbons (Fsp3) is 0.286. The molecule has 0 aliphatic carbocycles. The van der Waals surface area contributed by atoms with Crippen LogP contribution in [0.15, 0.2) is 59.1 Å². The maximum atomic E-state index is 13.2. The number of Topliss-reactive ketones (excluding diaryl/α,β-unsaturated/α-hetero) is 1. The first-order chi connectivity index (χ1) is 16.9. The van der Waals surface area contributed by atoms with E-state index in [9.17, 15) is 14.7 Å². The number of phenols is 1. The topological polar surface area (TPSA) is 71.8 Å². The number of hydrogen-bond acceptors (Lipinski definition) is 5. The van der Waals surface area contributed by atoms with Crippen LogP contribution >= 0.6 is 11.6 Å². The molecule has 6 rings (SSSR count). The Bertz CT molecular complexity index is 1440. The van der Waals surface area contributed by atoms with Gasteiger partial charge in [-0.15, -0.1) is 0 Å². The van der Waals surface area contributed by atoms with Crippen LogP contribution in [0.3, 0.4) is 0 Å². The van der Waals surface area contributed by atoms with Gasteiger partial charge in [0.05, 0.1) is 11.1 Å². The lowest BCUT2D eigenvalue weighted by atomic mass is 9.83. The Labute approximate surface area is 208 Å². The van der Waals surface area contributed by atoms with Crippen LogP contribution in [-0.2, 0) is 13.1 Å². The van der Waals surface area contributed by atoms with Crippen molar-refractivity contribution >= 4 is 23.5 Å². The first-order valence-corrected chi connectivity index (χ1v) is 12.2. The first-order valence-electron chi connectivity index (χ1n) is 11.8. The number of likely N-dealkylation sites (tertiary alicyclic amines) is 1. The number of aromatic hydroxyl groups is 1. The van der Waals surface area contributed by atoms with Crippen molar-refractivity contribution in [1.82, 2.24) is 9.47 Å². The Morgan fingerprint density at radius 1 is 1.11 bits per heavy atom. The largest absolute Gasteiger partial charge is 0.507 e. The third-order valence-electron chi connectivity index (χ3n) is 7.33. The Kier molecular flexibility index (Phi) is 5.31. The number of pyridine rings is 1. The van der Waals surface area contributed by atoms with E-state index in [4.69, 9.17) is 16.3 Å². The summed E-state index contributed by atoms with van der Waals surface area (Å²) in [7, 11) is 0. The zero-order chi connectivity index (χ0) is 24.3. The number of carbonyl (C=O) groups is 1. The first kappa shape index (κ1) is 22.1. The quantitative estimate of drug-likeness (QED) is 0.539. The highest BCUT2D eigenvalue weighted by atomic mass is 35.5. The van der Waals surface area contributed by atoms with Crippen molar-refractivity contribution in [2.75, 3.05) is 13.1 Å². The number of aryl methyl sites for hydroxylation is 1. The smallest absolute Gasteiger partial charge is 0.250 e. The lowest BCUT2D eigenvalue weighted by molar-refractivity contribution is 0.101. The van der Waals surface area contributed by atoms with Crippen LogP contribution < -0.4 is 10.3 Å². The van der Waals surface area contributed by atoms with Crippen LogP contribution in [0.1, 0.15) is 45.1 Å². The van der Waals surface area contributed by atoms with Crippen LogP contribution in [0.5, 0.6) is 11.5 Å². The average Bonchev–Trinajstić information content (AvgIpc) is 3.15. The van der Waals surface area contributed by atoms with Gasteiger partial charge in [0.15, 0.2) is 5.76 Å². The predicted molar refractivity (Wildman–Crippen MR) is 134 cm³/mol. The molecule has 0 unspecified atom stereocenters. The average molecular weight is 489 g/mol. The number of aromatic nitrogens is 1. The van der Waals surface area contributed by atoms with Crippen LogP contribution in [0, 0.1) is 12.8 Å². The second kappa shape index (κ2) is 8.40. The molecule has 3 aliphatic rings. The van der Waals surface area contributed by atoms with Crippen molar-refractivity contribution in [3.8, 4) is 11.5 Å². The minimum atomic E-state index is -0.183. The molecule has 0 radical (unpaired) electrons. The van der Waals surface area contributed by atoms with Gasteiger partial charge in [0, 0.05) is 48.9 Å². The SMILES string of the molecule is Cc1cc(O)c(CN2C[C@H]3C[C@@H](C2)c2cccc(=O)n2C3)c2c1C(=O)/C(=C/c1ccc(Cl)cc1)O2. The molecule has 3 aromatic rings. The molecule has 1 N–H and O–H groups in total. The van der Waals surface area contributed by atoms with Crippen LogP contribution in [-0.4, -0.2) is 33.4 Å². The van der Waals surface area contributed by atoms with E-state index in [-0.39, 0.29) is 28.8 Å². The summed E-state index contributed by atoms with van der Waals surface area (Å²) in [5.41, 5.74) is 3.78. The fourth-order valence-electron chi connectivity index (χ4n) is 5.79. The molecule has 4 heterocycles. The standard InChI is InChI=1S/C28H25ClN2O4/c1-16-9-23(32)21(28-26(16)27(34)24(35-28)11-17-5-7-20(29)8-6-17)15-30-12-18-10-19(14-30)22-3-2-4-25(33)31(22)13-18/h2-9,11,18-19,32H,10,12-15H2,1H3/b24-11-/t18-,19+/m1/s1. The number of phenolic OH excluding ortho intramolecular Hbond substituents is 1. The van der Waals surface area contributed by atoms with Crippen molar-refractivity contribution in [1.29, 1.82) is 0 Å². The Balaban J connectivity index is 1.31. The zero-order valence-electron chi connectivity index (χ0n) is 19.3. The van der Waals surface area contributed by atoms with E-state index in [1.165, 1.54) is 0 Å². The molecular formula is C28H25ClN2O4. The van der Waals surface area contributed by atoms with Crippen molar-refractivity contribution in [3.05, 3.63) is 97.6 Å². The molecule has 0 spiro atoms. The van der Waals surface area contributed by atoms with Gasteiger partial charge in [0.1, 0.15) is 11.5 Å². The van der Waals surface area contributed by atoms with Gasteiger partial charge in [-0.25, -0.2) is 0 Å². The molecule has 2 aromatic carbocycles. The van der Waals surface area contributed by atoms with Crippen molar-refractivity contribution in [2.45, 2.75) is 32.4 Å². The Morgan fingerprint density at radius 3 is 2.71 bits per heavy atom. The van der Waals surface area contributed by atoms with Gasteiger partial charge >= 0.3 is 0 Å². The van der Waals surface area contributed by atoms with Gasteiger partial charge in [-0.2, -0.15) is 0 Å². The maximum absolute atomic E-state index is 13.2. The molecule has 0 saturated carbocycles. The molecule has 178 valence electrons. The third kappa shape index (κ3) is 3.87. The van der Waals surface area contributed by atoms with Gasteiger partial charge in [-0.1, -0.05) is 29.8 Å². The predicted octanol–water partition coefficient (Wildman–Crippen LogP) is 4.75. The molecule has 35 heavy (non-hydrogen) atoms. The molecule has 2 bridgehead atoms. The van der Waals surface area contributed by atoms with E-state index in [0.29, 0.717) is 46.5 Å². The lowest BCUT2D eigenvalue weighted by Gasteiger charge is -2.43. The second-order valence-electron chi connectivity index (χ2n) is 9.78. The summed E-state index contributed by atoms with van der Waals surface area (Å²) in [5, 5.41) is 11.5. The lowest BCUT2D eigenvalue weighted by Crippen LogP contribution is -2.46. The van der Waals surface area contributed by atoms with Crippen molar-refractivity contribution in [2.24, 2.45) is 5.92 Å². The fourth-order valence-corrected chi connectivity index (χ4v) is 5.92. The molecule has 1 aromatic heterocycles.